The van der Waals surface area contributed by atoms with E-state index in [2.05, 4.69) is 5.23 Å². The molecule has 1 unspecified atom stereocenters. The number of hydrogen-bond acceptors (Lipinski definition) is 4. The normalized spacial score (nSPS) is 12.5. The molecule has 1 aromatic carbocycles. The van der Waals surface area contributed by atoms with Crippen molar-refractivity contribution in [2.45, 2.75) is 19.3 Å². The number of aromatic hydroxyl groups is 1. The van der Waals surface area contributed by atoms with Gasteiger partial charge in [-0.05, 0) is 37.5 Å². The second kappa shape index (κ2) is 5.75. The van der Waals surface area contributed by atoms with E-state index in [1.165, 1.54) is 6.07 Å². The minimum atomic E-state index is -0.622. The minimum absolute atomic E-state index is 0.148. The lowest BCUT2D eigenvalue weighted by molar-refractivity contribution is 0.168. The Kier molecular flexibility index (Phi) is 4.61. The fourth-order valence-corrected chi connectivity index (χ4v) is 1.33. The molecule has 0 aliphatic carbocycles. The van der Waals surface area contributed by atoms with Crippen LogP contribution in [-0.4, -0.2) is 28.8 Å². The van der Waals surface area contributed by atoms with Crippen molar-refractivity contribution < 1.29 is 15.2 Å². The quantitative estimate of drug-likeness (QED) is 0.533. The molecule has 0 bridgehead atoms. The van der Waals surface area contributed by atoms with E-state index in [4.69, 9.17) is 5.02 Å². The first kappa shape index (κ1) is 12.0. The fraction of sp³-hybridized carbons (Fsp3) is 0.400. The molecule has 4 nitrogen and oxygen atoms in total. The summed E-state index contributed by atoms with van der Waals surface area (Å²) in [5.74, 6) is 0.148. The van der Waals surface area contributed by atoms with Gasteiger partial charge in [0.2, 0.25) is 0 Å². The van der Waals surface area contributed by atoms with Crippen LogP contribution in [0.4, 0.5) is 0 Å². The minimum Gasteiger partial charge on any atom is -0.508 e. The predicted octanol–water partition coefficient (Wildman–Crippen LogP) is 0.516. The Labute approximate surface area is 89.7 Å². The molecule has 0 amide bonds. The molecule has 0 fully saturated rings. The van der Waals surface area contributed by atoms with Gasteiger partial charge in [-0.25, -0.2) is 0 Å². The Morgan fingerprint density at radius 2 is 2.20 bits per heavy atom. The number of benzene rings is 1. The largest absolute Gasteiger partial charge is 0.508 e. The molecule has 0 aliphatic rings. The zero-order valence-corrected chi connectivity index (χ0v) is 8.72. The van der Waals surface area contributed by atoms with Crippen molar-refractivity contribution in [2.24, 2.45) is 0 Å². The van der Waals surface area contributed by atoms with E-state index in [0.29, 0.717) is 18.5 Å². The molecular weight excluding hydrogens is 193 g/mol. The van der Waals surface area contributed by atoms with E-state index >= 15 is 0 Å². The second-order valence-corrected chi connectivity index (χ2v) is 3.53. The lowest BCUT2D eigenvalue weighted by atomic mass is 9.88. The van der Waals surface area contributed by atoms with Gasteiger partial charge in [-0.1, -0.05) is 12.1 Å². The van der Waals surface area contributed by atoms with Crippen LogP contribution in [0.3, 0.4) is 0 Å². The van der Waals surface area contributed by atoms with Gasteiger partial charge in [0.25, 0.3) is 0 Å². The maximum atomic E-state index is 9.73. The molecule has 1 rings (SSSR count). The van der Waals surface area contributed by atoms with E-state index < -0.39 is 13.2 Å². The molecule has 0 aromatic heterocycles. The van der Waals surface area contributed by atoms with Gasteiger partial charge in [0.15, 0.2) is 0 Å². The highest BCUT2D eigenvalue weighted by Gasteiger charge is 2.08. The molecule has 0 spiro atoms. The zero-order valence-electron chi connectivity index (χ0n) is 8.72. The number of hydrogen-bond donors (Lipinski definition) is 4. The van der Waals surface area contributed by atoms with E-state index in [1.54, 1.807) is 25.0 Å². The Balaban J connectivity index is 2.43. The predicted molar refractivity (Wildman–Crippen MR) is 59.5 cm³/mol. The van der Waals surface area contributed by atoms with Gasteiger partial charge in [-0.3, -0.25) is 0 Å². The molecule has 1 aromatic rings. The van der Waals surface area contributed by atoms with Gasteiger partial charge >= 0.3 is 7.05 Å². The smallest absolute Gasteiger partial charge is 0.373 e. The average molecular weight is 209 g/mol. The first-order chi connectivity index (χ1) is 7.09. The third-order valence-corrected chi connectivity index (χ3v) is 2.11. The van der Waals surface area contributed by atoms with Gasteiger partial charge in [0.05, 0.1) is 6.10 Å². The van der Waals surface area contributed by atoms with Gasteiger partial charge in [-0.15, -0.1) is 0 Å². The van der Waals surface area contributed by atoms with Crippen LogP contribution in [0.5, 0.6) is 5.75 Å². The van der Waals surface area contributed by atoms with Crippen molar-refractivity contribution in [2.75, 3.05) is 6.54 Å². The van der Waals surface area contributed by atoms with Crippen molar-refractivity contribution in [3.63, 3.8) is 0 Å². The Hall–Kier alpha value is -1.04. The van der Waals surface area contributed by atoms with Crippen LogP contribution in [-0.2, 0) is 0 Å². The van der Waals surface area contributed by atoms with Crippen molar-refractivity contribution in [3.05, 3.63) is 29.8 Å². The Morgan fingerprint density at radius 3 is 2.80 bits per heavy atom. The lowest BCUT2D eigenvalue weighted by Crippen LogP contribution is -2.31. The van der Waals surface area contributed by atoms with E-state index in [-0.39, 0.29) is 5.75 Å². The van der Waals surface area contributed by atoms with Crippen LogP contribution in [0.15, 0.2) is 24.3 Å². The molecule has 0 aliphatic heterocycles. The van der Waals surface area contributed by atoms with Crippen LogP contribution in [0, 0.1) is 0 Å². The summed E-state index contributed by atoms with van der Waals surface area (Å²) < 4.78 is 0. The topological polar surface area (TPSA) is 72.7 Å². The molecule has 82 valence electrons. The van der Waals surface area contributed by atoms with Gasteiger partial charge in [0.1, 0.15) is 5.75 Å². The van der Waals surface area contributed by atoms with Crippen molar-refractivity contribution in [1.29, 1.82) is 0 Å². The third kappa shape index (κ3) is 4.33. The Bertz CT molecular complexity index is 306. The molecule has 0 heterocycles. The summed E-state index contributed by atoms with van der Waals surface area (Å²) in [6.07, 6.45) is -0.128. The SMILES string of the molecule is CB(O)NCCC(O)c1cccc(O)c1. The van der Waals surface area contributed by atoms with Crippen LogP contribution in [0.25, 0.3) is 0 Å². The standard InChI is InChI=1S/C10H16BNO3/c1-11(15)12-6-5-10(14)8-3-2-4-9(13)7-8/h2-4,7,10,12-15H,5-6H2,1H3. The summed E-state index contributed by atoms with van der Waals surface area (Å²) in [7, 11) is -0.568. The number of aliphatic hydroxyl groups excluding tert-OH is 1. The Morgan fingerprint density at radius 1 is 1.47 bits per heavy atom. The summed E-state index contributed by atoms with van der Waals surface area (Å²) in [5, 5.41) is 30.7. The van der Waals surface area contributed by atoms with Gasteiger partial charge < -0.3 is 20.5 Å². The summed E-state index contributed by atoms with van der Waals surface area (Å²) in [6, 6.07) is 6.54. The maximum absolute atomic E-state index is 9.73. The van der Waals surface area contributed by atoms with Gasteiger partial charge in [0, 0.05) is 0 Å². The molecular formula is C10H16BNO3. The first-order valence-corrected chi connectivity index (χ1v) is 4.98. The van der Waals surface area contributed by atoms with Crippen LogP contribution < -0.4 is 5.23 Å². The fourth-order valence-electron chi connectivity index (χ4n) is 1.33. The highest BCUT2D eigenvalue weighted by molar-refractivity contribution is 6.45. The lowest BCUT2D eigenvalue weighted by Gasteiger charge is -2.12. The molecule has 1 atom stereocenters. The van der Waals surface area contributed by atoms with Crippen LogP contribution >= 0.6 is 0 Å². The number of phenols is 1. The average Bonchev–Trinajstić information content (AvgIpc) is 2.17. The van der Waals surface area contributed by atoms with Crippen LogP contribution in [0.1, 0.15) is 18.1 Å². The first-order valence-electron chi connectivity index (χ1n) is 4.98. The second-order valence-electron chi connectivity index (χ2n) is 3.53. The number of nitrogens with one attached hydrogen (secondary N) is 1. The monoisotopic (exact) mass is 209 g/mol. The van der Waals surface area contributed by atoms with E-state index in [0.717, 1.165) is 0 Å². The summed E-state index contributed by atoms with van der Waals surface area (Å²) in [5.41, 5.74) is 0.683. The van der Waals surface area contributed by atoms with E-state index in [9.17, 15) is 10.2 Å². The summed E-state index contributed by atoms with van der Waals surface area (Å²) >= 11 is 0. The maximum Gasteiger partial charge on any atom is 0.373 e. The van der Waals surface area contributed by atoms with Crippen molar-refractivity contribution >= 4 is 7.05 Å². The summed E-state index contributed by atoms with van der Waals surface area (Å²) in [4.78, 5) is 0. The molecule has 15 heavy (non-hydrogen) atoms. The third-order valence-electron chi connectivity index (χ3n) is 2.11. The molecule has 4 N–H and O–H groups in total. The molecule has 0 saturated heterocycles. The number of aliphatic hydroxyl groups is 1. The molecule has 0 saturated carbocycles. The molecule has 5 heteroatoms. The molecule has 0 radical (unpaired) electrons. The number of rotatable bonds is 5. The van der Waals surface area contributed by atoms with Crippen LogP contribution in [0.2, 0.25) is 6.82 Å². The highest BCUT2D eigenvalue weighted by atomic mass is 16.3. The van der Waals surface area contributed by atoms with Crippen molar-refractivity contribution in [3.8, 4) is 5.75 Å². The van der Waals surface area contributed by atoms with Crippen molar-refractivity contribution in [1.82, 2.24) is 5.23 Å². The summed E-state index contributed by atoms with van der Waals surface area (Å²) in [6.45, 7) is 2.15. The van der Waals surface area contributed by atoms with Gasteiger partial charge in [-0.2, -0.15) is 0 Å². The zero-order chi connectivity index (χ0) is 11.3. The highest BCUT2D eigenvalue weighted by Crippen LogP contribution is 2.20. The number of phenolic OH excluding ortho intramolecular Hbond substituents is 1. The van der Waals surface area contributed by atoms with E-state index in [1.807, 2.05) is 0 Å².